The maximum absolute atomic E-state index is 12.2. The minimum Gasteiger partial charge on any atom is -0.465 e. The number of carbonyl (C=O) groups is 2. The van der Waals surface area contributed by atoms with Crippen molar-refractivity contribution in [2.45, 2.75) is 13.0 Å². The van der Waals surface area contributed by atoms with Gasteiger partial charge in [-0.05, 0) is 36.6 Å². The standard InChI is InChI=1S/C17H18N2O3S2/c1-19-8-7-12-13(10-19)24-16(15(12)17(21)22-2)18-14(20)6-5-11-4-3-9-23-11/h3-6,9H,7-8,10H2,1-2H3,(H,18,20). The summed E-state index contributed by atoms with van der Waals surface area (Å²) in [6.45, 7) is 1.67. The SMILES string of the molecule is COC(=O)c1c(NC(=O)C=Cc2cccs2)sc2c1CCN(C)C2. The van der Waals surface area contributed by atoms with Crippen molar-refractivity contribution in [3.05, 3.63) is 44.5 Å². The van der Waals surface area contributed by atoms with Crippen LogP contribution >= 0.6 is 22.7 Å². The third-order valence-corrected chi connectivity index (χ3v) is 5.79. The van der Waals surface area contributed by atoms with Crippen molar-refractivity contribution >= 4 is 45.6 Å². The van der Waals surface area contributed by atoms with Crippen molar-refractivity contribution in [2.75, 3.05) is 26.0 Å². The fourth-order valence-electron chi connectivity index (χ4n) is 2.63. The second kappa shape index (κ2) is 7.29. The molecule has 3 heterocycles. The van der Waals surface area contributed by atoms with Crippen LogP contribution in [-0.2, 0) is 22.5 Å². The lowest BCUT2D eigenvalue weighted by molar-refractivity contribution is -0.111. The quantitative estimate of drug-likeness (QED) is 0.670. The molecule has 0 bridgehead atoms. The van der Waals surface area contributed by atoms with Gasteiger partial charge < -0.3 is 15.0 Å². The smallest absolute Gasteiger partial charge is 0.341 e. The molecule has 1 aliphatic heterocycles. The third-order valence-electron chi connectivity index (χ3n) is 3.82. The number of amides is 1. The van der Waals surface area contributed by atoms with Gasteiger partial charge in [-0.3, -0.25) is 4.79 Å². The number of esters is 1. The van der Waals surface area contributed by atoms with Gasteiger partial charge in [-0.15, -0.1) is 22.7 Å². The van der Waals surface area contributed by atoms with Gasteiger partial charge in [-0.2, -0.15) is 0 Å². The molecule has 2 aromatic rings. The third kappa shape index (κ3) is 3.58. The van der Waals surface area contributed by atoms with Gasteiger partial charge in [0.05, 0.1) is 12.7 Å². The highest BCUT2D eigenvalue weighted by Gasteiger charge is 2.28. The van der Waals surface area contributed by atoms with Crippen LogP contribution < -0.4 is 5.32 Å². The Bertz CT molecular complexity index is 778. The summed E-state index contributed by atoms with van der Waals surface area (Å²) < 4.78 is 4.92. The van der Waals surface area contributed by atoms with Gasteiger partial charge in [0.15, 0.2) is 0 Å². The Morgan fingerprint density at radius 3 is 2.96 bits per heavy atom. The number of nitrogens with zero attached hydrogens (tertiary/aromatic N) is 1. The number of rotatable bonds is 4. The minimum atomic E-state index is -0.394. The van der Waals surface area contributed by atoms with Crippen LogP contribution in [-0.4, -0.2) is 37.5 Å². The van der Waals surface area contributed by atoms with E-state index in [-0.39, 0.29) is 5.91 Å². The number of likely N-dealkylation sites (N-methyl/N-ethyl adjacent to an activating group) is 1. The Kier molecular flexibility index (Phi) is 5.13. The summed E-state index contributed by atoms with van der Waals surface area (Å²) in [5, 5.41) is 5.37. The van der Waals surface area contributed by atoms with Gasteiger partial charge in [-0.1, -0.05) is 6.07 Å². The average molecular weight is 362 g/mol. The molecule has 126 valence electrons. The van der Waals surface area contributed by atoms with E-state index >= 15 is 0 Å². The molecule has 5 nitrogen and oxygen atoms in total. The Balaban J connectivity index is 1.84. The molecule has 0 fully saturated rings. The molecule has 0 aromatic carbocycles. The molecular formula is C17H18N2O3S2. The first-order chi connectivity index (χ1) is 11.6. The molecule has 0 unspecified atom stereocenters. The van der Waals surface area contributed by atoms with E-state index in [1.165, 1.54) is 24.5 Å². The molecule has 1 amide bonds. The van der Waals surface area contributed by atoms with Crippen molar-refractivity contribution in [2.24, 2.45) is 0 Å². The van der Waals surface area contributed by atoms with Gasteiger partial charge in [0.25, 0.3) is 0 Å². The molecule has 24 heavy (non-hydrogen) atoms. The molecule has 0 radical (unpaired) electrons. The second-order valence-electron chi connectivity index (χ2n) is 5.53. The topological polar surface area (TPSA) is 58.6 Å². The van der Waals surface area contributed by atoms with Gasteiger partial charge in [0, 0.05) is 28.9 Å². The van der Waals surface area contributed by atoms with E-state index in [9.17, 15) is 9.59 Å². The molecule has 7 heteroatoms. The van der Waals surface area contributed by atoms with Crippen molar-refractivity contribution in [3.63, 3.8) is 0 Å². The highest BCUT2D eigenvalue weighted by Crippen LogP contribution is 2.37. The Morgan fingerprint density at radius 2 is 2.25 bits per heavy atom. The molecule has 0 saturated carbocycles. The van der Waals surface area contributed by atoms with E-state index in [1.54, 1.807) is 17.4 Å². The summed E-state index contributed by atoms with van der Waals surface area (Å²) in [6, 6.07) is 3.87. The first-order valence-electron chi connectivity index (χ1n) is 7.52. The van der Waals surface area contributed by atoms with Gasteiger partial charge in [0.1, 0.15) is 5.00 Å². The minimum absolute atomic E-state index is 0.250. The van der Waals surface area contributed by atoms with Crippen molar-refractivity contribution in [1.82, 2.24) is 4.90 Å². The summed E-state index contributed by atoms with van der Waals surface area (Å²) in [6.07, 6.45) is 4.03. The highest BCUT2D eigenvalue weighted by atomic mass is 32.1. The van der Waals surface area contributed by atoms with Crippen molar-refractivity contribution in [3.8, 4) is 0 Å². The Labute approximate surface area is 148 Å². The van der Waals surface area contributed by atoms with Gasteiger partial charge in [0.2, 0.25) is 5.91 Å². The van der Waals surface area contributed by atoms with Crippen LogP contribution in [0.25, 0.3) is 6.08 Å². The number of anilines is 1. The molecule has 1 N–H and O–H groups in total. The van der Waals surface area contributed by atoms with Crippen LogP contribution in [0.1, 0.15) is 25.7 Å². The monoisotopic (exact) mass is 362 g/mol. The van der Waals surface area contributed by atoms with Crippen LogP contribution in [0.5, 0.6) is 0 Å². The number of thiophene rings is 2. The first-order valence-corrected chi connectivity index (χ1v) is 9.22. The van der Waals surface area contributed by atoms with Crippen LogP contribution in [0, 0.1) is 0 Å². The van der Waals surface area contributed by atoms with Crippen molar-refractivity contribution < 1.29 is 14.3 Å². The Hall–Kier alpha value is -1.96. The highest BCUT2D eigenvalue weighted by molar-refractivity contribution is 7.17. The lowest BCUT2D eigenvalue weighted by Gasteiger charge is -2.22. The summed E-state index contributed by atoms with van der Waals surface area (Å²) in [5.41, 5.74) is 1.51. The van der Waals surface area contributed by atoms with Crippen LogP contribution in [0.3, 0.4) is 0 Å². The molecule has 0 atom stereocenters. The van der Waals surface area contributed by atoms with Crippen molar-refractivity contribution in [1.29, 1.82) is 0 Å². The van der Waals surface area contributed by atoms with E-state index in [0.717, 1.165) is 34.8 Å². The largest absolute Gasteiger partial charge is 0.465 e. The number of ether oxygens (including phenoxy) is 1. The molecule has 2 aromatic heterocycles. The van der Waals surface area contributed by atoms with Crippen LogP contribution in [0.2, 0.25) is 0 Å². The summed E-state index contributed by atoms with van der Waals surface area (Å²) in [5.74, 6) is -0.643. The number of nitrogens with one attached hydrogen (secondary N) is 1. The van der Waals surface area contributed by atoms with E-state index in [2.05, 4.69) is 10.2 Å². The number of hydrogen-bond donors (Lipinski definition) is 1. The molecule has 0 aliphatic carbocycles. The fourth-order valence-corrected chi connectivity index (χ4v) is 4.57. The summed E-state index contributed by atoms with van der Waals surface area (Å²) >= 11 is 3.02. The lowest BCUT2D eigenvalue weighted by Crippen LogP contribution is -2.26. The lowest BCUT2D eigenvalue weighted by atomic mass is 10.0. The Morgan fingerprint density at radius 1 is 1.42 bits per heavy atom. The van der Waals surface area contributed by atoms with Gasteiger partial charge in [-0.25, -0.2) is 4.79 Å². The maximum atomic E-state index is 12.2. The van der Waals surface area contributed by atoms with E-state index in [4.69, 9.17) is 4.74 Å². The number of methoxy groups -OCH3 is 1. The fraction of sp³-hybridized carbons (Fsp3) is 0.294. The number of hydrogen-bond acceptors (Lipinski definition) is 6. The van der Waals surface area contributed by atoms with Gasteiger partial charge >= 0.3 is 5.97 Å². The molecule has 3 rings (SSSR count). The predicted molar refractivity (Wildman–Crippen MR) is 97.7 cm³/mol. The second-order valence-corrected chi connectivity index (χ2v) is 7.61. The summed E-state index contributed by atoms with van der Waals surface area (Å²) in [4.78, 5) is 28.7. The molecule has 0 saturated heterocycles. The normalized spacial score (nSPS) is 14.6. The summed E-state index contributed by atoms with van der Waals surface area (Å²) in [7, 11) is 3.41. The number of carbonyl (C=O) groups excluding carboxylic acids is 2. The molecular weight excluding hydrogens is 344 g/mol. The zero-order valence-electron chi connectivity index (χ0n) is 13.5. The molecule has 0 spiro atoms. The van der Waals surface area contributed by atoms with E-state index in [1.807, 2.05) is 24.6 Å². The number of fused-ring (bicyclic) bond motifs is 1. The predicted octanol–water partition coefficient (Wildman–Crippen LogP) is 3.24. The first kappa shape index (κ1) is 16.9. The zero-order valence-corrected chi connectivity index (χ0v) is 15.1. The van der Waals surface area contributed by atoms with Crippen LogP contribution in [0.15, 0.2) is 23.6 Å². The maximum Gasteiger partial charge on any atom is 0.341 e. The average Bonchev–Trinajstić information content (AvgIpc) is 3.19. The van der Waals surface area contributed by atoms with E-state index < -0.39 is 5.97 Å². The molecule has 1 aliphatic rings. The van der Waals surface area contributed by atoms with E-state index in [0.29, 0.717) is 10.6 Å². The zero-order chi connectivity index (χ0) is 17.1. The van der Waals surface area contributed by atoms with Crippen LogP contribution in [0.4, 0.5) is 5.00 Å².